The average molecular weight is 292 g/mol. The van der Waals surface area contributed by atoms with Gasteiger partial charge in [0.1, 0.15) is 0 Å². The molecule has 1 aromatic carbocycles. The molecule has 1 aliphatic heterocycles. The van der Waals surface area contributed by atoms with E-state index in [2.05, 4.69) is 10.5 Å². The third-order valence-corrected chi connectivity index (χ3v) is 5.54. The Hall–Kier alpha value is -1.53. The minimum Gasteiger partial charge on any atom is -0.411 e. The second-order valence-electron chi connectivity index (χ2n) is 5.23. The van der Waals surface area contributed by atoms with Gasteiger partial charge >= 0.3 is 0 Å². The van der Waals surface area contributed by atoms with Crippen molar-refractivity contribution in [3.05, 3.63) is 35.9 Å². The molecule has 1 aromatic rings. The molecule has 20 heavy (non-hydrogen) atoms. The molecule has 0 aromatic heterocycles. The number of hydrogen-bond donors (Lipinski definition) is 3. The normalized spacial score (nSPS) is 34.1. The molecule has 1 saturated carbocycles. The standard InChI is InChI=1S/C14H16N2O3S/c17-10-6-7-14(8-20-11(10)12(14)16-19)15-13(18)9-4-2-1-3-5-9/h1-5,10-11,17,19H,6-8H2,(H,15,18)/b16-12+/t10-,11-,14+/m1/s1. The van der Waals surface area contributed by atoms with Crippen LogP contribution in [-0.4, -0.2) is 44.6 Å². The molecule has 0 radical (unpaired) electrons. The lowest BCUT2D eigenvalue weighted by Gasteiger charge is -2.35. The van der Waals surface area contributed by atoms with Gasteiger partial charge in [-0.2, -0.15) is 0 Å². The minimum absolute atomic E-state index is 0.176. The van der Waals surface area contributed by atoms with Gasteiger partial charge in [-0.05, 0) is 25.0 Å². The number of hydrogen-bond acceptors (Lipinski definition) is 5. The molecule has 1 amide bonds. The number of carbonyl (C=O) groups is 1. The van der Waals surface area contributed by atoms with E-state index < -0.39 is 11.6 Å². The van der Waals surface area contributed by atoms with Crippen molar-refractivity contribution in [1.29, 1.82) is 0 Å². The minimum atomic E-state index is -0.629. The first-order chi connectivity index (χ1) is 9.66. The van der Waals surface area contributed by atoms with Crippen molar-refractivity contribution in [1.82, 2.24) is 5.32 Å². The largest absolute Gasteiger partial charge is 0.411 e. The predicted molar refractivity (Wildman–Crippen MR) is 77.3 cm³/mol. The van der Waals surface area contributed by atoms with Crippen LogP contribution >= 0.6 is 11.8 Å². The molecule has 1 saturated heterocycles. The lowest BCUT2D eigenvalue weighted by atomic mass is 9.80. The molecule has 2 bridgehead atoms. The van der Waals surface area contributed by atoms with E-state index in [0.29, 0.717) is 29.9 Å². The van der Waals surface area contributed by atoms with Gasteiger partial charge in [0, 0.05) is 11.3 Å². The van der Waals surface area contributed by atoms with Gasteiger partial charge in [0.05, 0.1) is 22.6 Å². The highest BCUT2D eigenvalue weighted by atomic mass is 32.2. The Labute approximate surface area is 121 Å². The molecule has 1 aliphatic carbocycles. The fourth-order valence-electron chi connectivity index (χ4n) is 2.89. The quantitative estimate of drug-likeness (QED) is 0.566. The van der Waals surface area contributed by atoms with Gasteiger partial charge in [0.2, 0.25) is 0 Å². The van der Waals surface area contributed by atoms with Crippen LogP contribution in [0.2, 0.25) is 0 Å². The molecule has 106 valence electrons. The van der Waals surface area contributed by atoms with Crippen LogP contribution in [0.4, 0.5) is 0 Å². The van der Waals surface area contributed by atoms with E-state index >= 15 is 0 Å². The van der Waals surface area contributed by atoms with Crippen LogP contribution in [0.25, 0.3) is 0 Å². The summed E-state index contributed by atoms with van der Waals surface area (Å²) in [5, 5.41) is 25.3. The topological polar surface area (TPSA) is 81.9 Å². The number of amides is 1. The third kappa shape index (κ3) is 2.09. The van der Waals surface area contributed by atoms with Gasteiger partial charge in [-0.3, -0.25) is 4.79 Å². The number of rotatable bonds is 2. The highest BCUT2D eigenvalue weighted by Crippen LogP contribution is 2.43. The van der Waals surface area contributed by atoms with E-state index in [4.69, 9.17) is 0 Å². The Kier molecular flexibility index (Phi) is 3.43. The lowest BCUT2D eigenvalue weighted by molar-refractivity contribution is 0.0904. The van der Waals surface area contributed by atoms with E-state index in [1.807, 2.05) is 18.2 Å². The zero-order chi connectivity index (χ0) is 14.2. The van der Waals surface area contributed by atoms with Crippen molar-refractivity contribution in [3.8, 4) is 0 Å². The Morgan fingerprint density at radius 2 is 2.15 bits per heavy atom. The highest BCUT2D eigenvalue weighted by molar-refractivity contribution is 8.01. The maximum Gasteiger partial charge on any atom is 0.252 e. The molecule has 0 spiro atoms. The molecule has 3 rings (SSSR count). The summed E-state index contributed by atoms with van der Waals surface area (Å²) in [6.45, 7) is 0. The second-order valence-corrected chi connectivity index (χ2v) is 6.36. The average Bonchev–Trinajstić information content (AvgIpc) is 2.76. The van der Waals surface area contributed by atoms with E-state index in [0.717, 1.165) is 0 Å². The van der Waals surface area contributed by atoms with Crippen LogP contribution < -0.4 is 5.32 Å². The van der Waals surface area contributed by atoms with Crippen molar-refractivity contribution in [2.75, 3.05) is 5.75 Å². The van der Waals surface area contributed by atoms with E-state index in [9.17, 15) is 15.1 Å². The van der Waals surface area contributed by atoms with Crippen LogP contribution in [0, 0.1) is 0 Å². The second kappa shape index (κ2) is 5.10. The third-order valence-electron chi connectivity index (χ3n) is 3.98. The number of aliphatic hydroxyl groups is 1. The summed E-state index contributed by atoms with van der Waals surface area (Å²) in [6.07, 6.45) is 0.691. The molecular formula is C14H16N2O3S. The molecule has 2 aliphatic rings. The van der Waals surface area contributed by atoms with Gasteiger partial charge < -0.3 is 15.6 Å². The Morgan fingerprint density at radius 1 is 1.40 bits per heavy atom. The summed E-state index contributed by atoms with van der Waals surface area (Å²) in [5.41, 5.74) is 0.445. The number of oxime groups is 1. The summed E-state index contributed by atoms with van der Waals surface area (Å²) in [4.78, 5) is 12.3. The first kappa shape index (κ1) is 13.5. The van der Waals surface area contributed by atoms with Crippen molar-refractivity contribution < 1.29 is 15.1 Å². The summed E-state index contributed by atoms with van der Waals surface area (Å²) in [6, 6.07) is 8.97. The van der Waals surface area contributed by atoms with Crippen molar-refractivity contribution in [2.24, 2.45) is 5.16 Å². The molecular weight excluding hydrogens is 276 g/mol. The van der Waals surface area contributed by atoms with Gasteiger partial charge in [-0.1, -0.05) is 23.4 Å². The number of benzene rings is 1. The Balaban J connectivity index is 1.85. The van der Waals surface area contributed by atoms with Crippen LogP contribution in [0.5, 0.6) is 0 Å². The number of carbonyl (C=O) groups excluding carboxylic acids is 1. The molecule has 2 fully saturated rings. The van der Waals surface area contributed by atoms with Crippen molar-refractivity contribution in [3.63, 3.8) is 0 Å². The fraction of sp³-hybridized carbons (Fsp3) is 0.429. The molecule has 6 heteroatoms. The summed E-state index contributed by atoms with van der Waals surface area (Å²) in [7, 11) is 0. The van der Waals surface area contributed by atoms with Crippen molar-refractivity contribution in [2.45, 2.75) is 29.7 Å². The molecule has 0 unspecified atom stereocenters. The molecule has 1 heterocycles. The maximum absolute atomic E-state index is 12.3. The highest BCUT2D eigenvalue weighted by Gasteiger charge is 2.53. The van der Waals surface area contributed by atoms with Crippen LogP contribution in [0.1, 0.15) is 23.2 Å². The zero-order valence-electron chi connectivity index (χ0n) is 10.8. The lowest BCUT2D eigenvalue weighted by Crippen LogP contribution is -2.59. The van der Waals surface area contributed by atoms with Crippen LogP contribution in [0.15, 0.2) is 35.5 Å². The summed E-state index contributed by atoms with van der Waals surface area (Å²) >= 11 is 1.53. The number of nitrogens with one attached hydrogen (secondary N) is 1. The fourth-order valence-corrected chi connectivity index (χ4v) is 4.51. The number of aliphatic hydroxyl groups excluding tert-OH is 1. The number of thioether (sulfide) groups is 1. The van der Waals surface area contributed by atoms with Crippen LogP contribution in [0.3, 0.4) is 0 Å². The predicted octanol–water partition coefficient (Wildman–Crippen LogP) is 1.26. The molecule has 3 N–H and O–H groups in total. The van der Waals surface area contributed by atoms with E-state index in [1.165, 1.54) is 11.8 Å². The van der Waals surface area contributed by atoms with E-state index in [-0.39, 0.29) is 11.2 Å². The molecule has 3 atom stereocenters. The number of nitrogens with zero attached hydrogens (tertiary/aromatic N) is 1. The van der Waals surface area contributed by atoms with Crippen LogP contribution in [-0.2, 0) is 0 Å². The smallest absolute Gasteiger partial charge is 0.252 e. The monoisotopic (exact) mass is 292 g/mol. The van der Waals surface area contributed by atoms with Gasteiger partial charge in [0.25, 0.3) is 5.91 Å². The van der Waals surface area contributed by atoms with Gasteiger partial charge in [-0.25, -0.2) is 0 Å². The van der Waals surface area contributed by atoms with Gasteiger partial charge in [0.15, 0.2) is 0 Å². The zero-order valence-corrected chi connectivity index (χ0v) is 11.6. The Bertz CT molecular complexity index is 549. The number of fused-ring (bicyclic) bond motifs is 2. The summed E-state index contributed by atoms with van der Waals surface area (Å²) < 4.78 is 0. The molecule has 5 nitrogen and oxygen atoms in total. The van der Waals surface area contributed by atoms with Gasteiger partial charge in [-0.15, -0.1) is 11.8 Å². The summed E-state index contributed by atoms with van der Waals surface area (Å²) in [5.74, 6) is 0.455. The maximum atomic E-state index is 12.3. The first-order valence-electron chi connectivity index (χ1n) is 6.56. The first-order valence-corrected chi connectivity index (χ1v) is 7.61. The SMILES string of the molecule is O=C(N[C@@]12CC[C@@H](O)[C@@H](SC1)/C2=N\O)c1ccccc1. The van der Waals surface area contributed by atoms with E-state index in [1.54, 1.807) is 12.1 Å². The van der Waals surface area contributed by atoms with Crippen molar-refractivity contribution >= 4 is 23.4 Å². The Morgan fingerprint density at radius 3 is 2.85 bits per heavy atom.